The molecule has 0 spiro atoms. The molecule has 4 rings (SSSR count). The van der Waals surface area contributed by atoms with Crippen molar-refractivity contribution in [2.24, 2.45) is 0 Å². The number of nitrogens with zero attached hydrogens (tertiary/aromatic N) is 2. The van der Waals surface area contributed by atoms with E-state index in [1.54, 1.807) is 0 Å². The standard InChI is InChI=1S/C22H6F8N2/c1-5(2)8-17(25)11-12(18(8)26)14-16(22(30)10(20(14)28)7(24)4-32)15-13(11)19(27)9(21(15)29)6(23)3-31/h1-2H3/b9-6-,10-7+. The van der Waals surface area contributed by atoms with E-state index in [-0.39, 0.29) is 5.57 Å². The van der Waals surface area contributed by atoms with Crippen molar-refractivity contribution in [3.63, 3.8) is 0 Å². The minimum Gasteiger partial charge on any atom is -0.206 e. The van der Waals surface area contributed by atoms with Gasteiger partial charge in [-0.3, -0.25) is 0 Å². The summed E-state index contributed by atoms with van der Waals surface area (Å²) >= 11 is 0. The molecule has 32 heavy (non-hydrogen) atoms. The number of rotatable bonds is 0. The molecule has 3 aliphatic carbocycles. The number of allylic oxidation sites excluding steroid dienone is 6. The van der Waals surface area contributed by atoms with Crippen LogP contribution in [0, 0.1) is 22.7 Å². The summed E-state index contributed by atoms with van der Waals surface area (Å²) in [5.74, 6) is -14.4. The third-order valence-electron chi connectivity index (χ3n) is 5.27. The number of hydrogen-bond donors (Lipinski definition) is 0. The lowest BCUT2D eigenvalue weighted by Crippen LogP contribution is -2.64. The van der Waals surface area contributed by atoms with Crippen LogP contribution in [0.5, 0.6) is 0 Å². The Kier molecular flexibility index (Phi) is 4.52. The molecule has 160 valence electrons. The minimum absolute atomic E-state index is 0.0117. The maximum Gasteiger partial charge on any atom is 0.213 e. The highest BCUT2D eigenvalue weighted by atomic mass is 19.2. The quantitative estimate of drug-likeness (QED) is 0.449. The molecule has 0 atom stereocenters. The molecule has 0 unspecified atom stereocenters. The Hall–Kier alpha value is -3.92. The van der Waals surface area contributed by atoms with E-state index in [2.05, 4.69) is 0 Å². The van der Waals surface area contributed by atoms with Gasteiger partial charge in [0.2, 0.25) is 11.7 Å². The van der Waals surface area contributed by atoms with Crippen LogP contribution in [0.2, 0.25) is 0 Å². The van der Waals surface area contributed by atoms with Gasteiger partial charge in [-0.15, -0.1) is 0 Å². The maximum atomic E-state index is 15.2. The summed E-state index contributed by atoms with van der Waals surface area (Å²) < 4.78 is 119. The highest BCUT2D eigenvalue weighted by Crippen LogP contribution is 2.32. The van der Waals surface area contributed by atoms with Gasteiger partial charge in [-0.05, 0) is 13.8 Å². The molecule has 0 fully saturated rings. The van der Waals surface area contributed by atoms with E-state index >= 15 is 26.3 Å². The van der Waals surface area contributed by atoms with Gasteiger partial charge < -0.3 is 0 Å². The average molecular weight is 450 g/mol. The number of hydrogen-bond acceptors (Lipinski definition) is 2. The first-order valence-corrected chi connectivity index (χ1v) is 8.71. The lowest BCUT2D eigenvalue weighted by molar-refractivity contribution is 0.644. The van der Waals surface area contributed by atoms with Crippen LogP contribution in [0.4, 0.5) is 35.1 Å². The number of nitriles is 2. The van der Waals surface area contributed by atoms with E-state index in [4.69, 9.17) is 10.5 Å². The molecule has 0 N–H and O–H groups in total. The van der Waals surface area contributed by atoms with Crippen molar-refractivity contribution in [3.05, 3.63) is 65.3 Å². The smallest absolute Gasteiger partial charge is 0.206 e. The fourth-order valence-corrected chi connectivity index (χ4v) is 4.04. The van der Waals surface area contributed by atoms with E-state index in [0.717, 1.165) is 12.1 Å². The molecule has 10 heteroatoms. The highest BCUT2D eigenvalue weighted by Gasteiger charge is 2.36. The van der Waals surface area contributed by atoms with Gasteiger partial charge in [-0.25, -0.2) is 26.3 Å². The van der Waals surface area contributed by atoms with Crippen LogP contribution < -0.4 is 31.3 Å². The van der Waals surface area contributed by atoms with Gasteiger partial charge in [-0.2, -0.15) is 19.3 Å². The number of fused-ring (bicyclic) bond motifs is 6. The molecule has 0 saturated carbocycles. The van der Waals surface area contributed by atoms with Gasteiger partial charge in [0.1, 0.15) is 47.1 Å². The molecule has 1 aromatic carbocycles. The maximum absolute atomic E-state index is 15.2. The van der Waals surface area contributed by atoms with Crippen molar-refractivity contribution < 1.29 is 35.1 Å². The van der Waals surface area contributed by atoms with Crippen molar-refractivity contribution in [3.8, 4) is 12.1 Å². The first kappa shape index (κ1) is 21.3. The lowest BCUT2D eigenvalue weighted by atomic mass is 10.1. The Morgan fingerprint density at radius 1 is 0.500 bits per heavy atom. The second-order valence-electron chi connectivity index (χ2n) is 7.11. The van der Waals surface area contributed by atoms with Crippen LogP contribution in [0.15, 0.2) is 33.9 Å². The molecule has 0 saturated heterocycles. The molecule has 3 aliphatic rings. The Labute approximate surface area is 172 Å². The topological polar surface area (TPSA) is 47.6 Å². The summed E-state index contributed by atoms with van der Waals surface area (Å²) in [5.41, 5.74) is -3.96. The molecule has 1 aromatic rings. The van der Waals surface area contributed by atoms with Gasteiger partial charge in [-0.1, -0.05) is 5.57 Å². The zero-order chi connectivity index (χ0) is 23.8. The molecular weight excluding hydrogens is 444 g/mol. The fraction of sp³-hybridized carbons (Fsp3) is 0.0909. The van der Waals surface area contributed by atoms with E-state index in [1.165, 1.54) is 13.8 Å². The molecule has 0 bridgehead atoms. The van der Waals surface area contributed by atoms with Crippen molar-refractivity contribution in [2.45, 2.75) is 13.8 Å². The predicted molar refractivity (Wildman–Crippen MR) is 97.2 cm³/mol. The van der Waals surface area contributed by atoms with Crippen LogP contribution in [-0.4, -0.2) is 0 Å². The number of benzene rings is 1. The second kappa shape index (κ2) is 6.79. The largest absolute Gasteiger partial charge is 0.213 e. The molecule has 0 aromatic heterocycles. The van der Waals surface area contributed by atoms with Crippen molar-refractivity contribution in [1.82, 2.24) is 0 Å². The van der Waals surface area contributed by atoms with E-state index < -0.39 is 94.6 Å². The van der Waals surface area contributed by atoms with E-state index in [9.17, 15) is 8.78 Å². The second-order valence-corrected chi connectivity index (χ2v) is 7.11. The van der Waals surface area contributed by atoms with Crippen LogP contribution in [-0.2, 0) is 0 Å². The Bertz CT molecular complexity index is 1640. The van der Waals surface area contributed by atoms with Gasteiger partial charge in [0, 0.05) is 36.9 Å². The van der Waals surface area contributed by atoms with Gasteiger partial charge >= 0.3 is 0 Å². The summed E-state index contributed by atoms with van der Waals surface area (Å²) in [6.07, 6.45) is 0. The Morgan fingerprint density at radius 3 is 0.906 bits per heavy atom. The van der Waals surface area contributed by atoms with Crippen LogP contribution in [0.3, 0.4) is 0 Å². The fourth-order valence-electron chi connectivity index (χ4n) is 4.04. The molecule has 0 heterocycles. The molecule has 0 aliphatic heterocycles. The number of halogens is 8. The summed E-state index contributed by atoms with van der Waals surface area (Å²) in [5, 5.41) is 10.6. The van der Waals surface area contributed by atoms with Crippen molar-refractivity contribution in [1.29, 1.82) is 10.5 Å². The first-order chi connectivity index (χ1) is 15.0. The third kappa shape index (κ3) is 2.32. The van der Waals surface area contributed by atoms with Gasteiger partial charge in [0.15, 0.2) is 0 Å². The summed E-state index contributed by atoms with van der Waals surface area (Å²) in [4.78, 5) is 0. The minimum atomic E-state index is -1.99. The monoisotopic (exact) mass is 450 g/mol. The molecule has 0 amide bonds. The molecule has 0 radical (unpaired) electrons. The summed E-state index contributed by atoms with van der Waals surface area (Å²) in [6, 6.07) is 1.70. The third-order valence-corrected chi connectivity index (χ3v) is 5.27. The van der Waals surface area contributed by atoms with Crippen molar-refractivity contribution >= 4 is 35.0 Å². The SMILES string of the molecule is CC(C)=C1C(F)=c2c(c3c(c4c2=C(F)/C(=C(/F)C#N)C=4F)=C(F)/C(=C(/F)C#N)C=3F)=C1F. The van der Waals surface area contributed by atoms with Crippen LogP contribution in [0.1, 0.15) is 13.8 Å². The first-order valence-electron chi connectivity index (χ1n) is 8.71. The normalized spacial score (nSPS) is 19.8. The highest BCUT2D eigenvalue weighted by molar-refractivity contribution is 5.92. The summed E-state index contributed by atoms with van der Waals surface area (Å²) in [7, 11) is 0. The average Bonchev–Trinajstić information content (AvgIpc) is 3.26. The van der Waals surface area contributed by atoms with Gasteiger partial charge in [0.25, 0.3) is 0 Å². The van der Waals surface area contributed by atoms with E-state index in [1.807, 2.05) is 0 Å². The molecule has 2 nitrogen and oxygen atoms in total. The lowest BCUT2D eigenvalue weighted by Gasteiger charge is -1.99. The van der Waals surface area contributed by atoms with Crippen molar-refractivity contribution in [2.75, 3.05) is 0 Å². The molecular formula is C22H6F8N2. The predicted octanol–water partition coefficient (Wildman–Crippen LogP) is 2.02. The van der Waals surface area contributed by atoms with Crippen LogP contribution >= 0.6 is 0 Å². The Balaban J connectivity index is 2.65. The van der Waals surface area contributed by atoms with Crippen LogP contribution in [0.25, 0.3) is 35.0 Å². The van der Waals surface area contributed by atoms with E-state index in [0.29, 0.717) is 0 Å². The van der Waals surface area contributed by atoms with Gasteiger partial charge in [0.05, 0.1) is 11.1 Å². The zero-order valence-electron chi connectivity index (χ0n) is 15.9. The summed E-state index contributed by atoms with van der Waals surface area (Å²) in [6.45, 7) is 2.50. The zero-order valence-corrected chi connectivity index (χ0v) is 15.9. The Morgan fingerprint density at radius 2 is 0.719 bits per heavy atom.